The summed E-state index contributed by atoms with van der Waals surface area (Å²) in [5, 5.41) is 7.32. The van der Waals surface area contributed by atoms with Gasteiger partial charge in [-0.1, -0.05) is 17.2 Å². The number of hydrogen-bond donors (Lipinski definition) is 0. The third-order valence-corrected chi connectivity index (χ3v) is 2.43. The van der Waals surface area contributed by atoms with E-state index < -0.39 is 0 Å². The molecule has 0 aromatic carbocycles. The van der Waals surface area contributed by atoms with E-state index in [1.165, 1.54) is 0 Å². The first-order valence-electron chi connectivity index (χ1n) is 4.62. The van der Waals surface area contributed by atoms with Gasteiger partial charge in [0, 0.05) is 6.07 Å². The van der Waals surface area contributed by atoms with E-state index in [0.29, 0.717) is 23.2 Å². The molecule has 80 valence electrons. The molecule has 6 heteroatoms. The van der Waals surface area contributed by atoms with Gasteiger partial charge in [-0.15, -0.1) is 11.6 Å². The normalized spacial score (nSPS) is 13.0. The maximum Gasteiger partial charge on any atom is 0.280 e. The highest BCUT2D eigenvalue weighted by Gasteiger charge is 2.16. The third-order valence-electron chi connectivity index (χ3n) is 1.93. The van der Waals surface area contributed by atoms with Crippen molar-refractivity contribution in [2.24, 2.45) is 0 Å². The zero-order valence-electron chi connectivity index (χ0n) is 8.40. The van der Waals surface area contributed by atoms with Gasteiger partial charge >= 0.3 is 0 Å². The Labute approximate surface area is 91.4 Å². The molecule has 0 amide bonds. The molecule has 0 aliphatic heterocycles. The van der Waals surface area contributed by atoms with E-state index in [9.17, 15) is 0 Å². The lowest BCUT2D eigenvalue weighted by molar-refractivity contribution is 0.388. The minimum absolute atomic E-state index is 0.226. The van der Waals surface area contributed by atoms with Crippen LogP contribution in [0.5, 0.6) is 0 Å². The van der Waals surface area contributed by atoms with Gasteiger partial charge in [0.05, 0.1) is 5.38 Å². The quantitative estimate of drug-likeness (QED) is 0.755. The van der Waals surface area contributed by atoms with Crippen LogP contribution >= 0.6 is 11.6 Å². The predicted octanol–water partition coefficient (Wildman–Crippen LogP) is 2.72. The summed E-state index contributed by atoms with van der Waals surface area (Å²) in [5.41, 5.74) is 0.534. The fraction of sp³-hybridized carbons (Fsp3) is 0.444. The van der Waals surface area contributed by atoms with Crippen molar-refractivity contribution >= 4 is 11.6 Å². The summed E-state index contributed by atoms with van der Waals surface area (Å²) in [6, 6.07) is 1.73. The second-order valence-electron chi connectivity index (χ2n) is 3.16. The smallest absolute Gasteiger partial charge is 0.280 e. The summed E-state index contributed by atoms with van der Waals surface area (Å²) in [6.07, 6.45) is 0.748. The molecule has 2 aromatic rings. The van der Waals surface area contributed by atoms with E-state index in [1.807, 2.05) is 6.92 Å². The average Bonchev–Trinajstić information content (AvgIpc) is 2.84. The molecule has 5 nitrogen and oxygen atoms in total. The zero-order valence-corrected chi connectivity index (χ0v) is 9.15. The molecule has 0 saturated carbocycles. The minimum Gasteiger partial charge on any atom is -0.361 e. The first-order chi connectivity index (χ1) is 7.20. The lowest BCUT2D eigenvalue weighted by Crippen LogP contribution is -1.90. The van der Waals surface area contributed by atoms with Gasteiger partial charge in [0.15, 0.2) is 11.5 Å². The second-order valence-corrected chi connectivity index (χ2v) is 3.68. The Kier molecular flexibility index (Phi) is 2.73. The maximum atomic E-state index is 5.97. The largest absolute Gasteiger partial charge is 0.361 e. The Morgan fingerprint density at radius 1 is 1.40 bits per heavy atom. The van der Waals surface area contributed by atoms with Crippen molar-refractivity contribution in [1.29, 1.82) is 0 Å². The van der Waals surface area contributed by atoms with E-state index in [4.69, 9.17) is 20.6 Å². The van der Waals surface area contributed by atoms with Crippen molar-refractivity contribution in [2.45, 2.75) is 25.6 Å². The van der Waals surface area contributed by atoms with Gasteiger partial charge in [0.2, 0.25) is 0 Å². The van der Waals surface area contributed by atoms with Crippen LogP contribution in [0.25, 0.3) is 11.6 Å². The fourth-order valence-corrected chi connectivity index (χ4v) is 1.20. The van der Waals surface area contributed by atoms with E-state index >= 15 is 0 Å². The zero-order chi connectivity index (χ0) is 10.8. The van der Waals surface area contributed by atoms with Crippen molar-refractivity contribution in [3.8, 4) is 11.6 Å². The standard InChI is InChI=1S/C9H10ClN3O2/c1-3-6(10)8-11-9(15-13-8)7-4-5(2)14-12-7/h4,6H,3H2,1-2H3. The predicted molar refractivity (Wildman–Crippen MR) is 53.4 cm³/mol. The van der Waals surface area contributed by atoms with Gasteiger partial charge in [-0.2, -0.15) is 4.98 Å². The number of alkyl halides is 1. The maximum absolute atomic E-state index is 5.97. The Morgan fingerprint density at radius 3 is 2.80 bits per heavy atom. The lowest BCUT2D eigenvalue weighted by atomic mass is 10.3. The highest BCUT2D eigenvalue weighted by Crippen LogP contribution is 2.24. The van der Waals surface area contributed by atoms with Gasteiger partial charge in [-0.05, 0) is 13.3 Å². The van der Waals surface area contributed by atoms with Crippen LogP contribution in [0.4, 0.5) is 0 Å². The van der Waals surface area contributed by atoms with Crippen LogP contribution < -0.4 is 0 Å². The van der Waals surface area contributed by atoms with Crippen molar-refractivity contribution < 1.29 is 9.05 Å². The van der Waals surface area contributed by atoms with E-state index in [-0.39, 0.29) is 5.38 Å². The molecule has 0 N–H and O–H groups in total. The molecular weight excluding hydrogens is 218 g/mol. The molecule has 2 aromatic heterocycles. The number of hydrogen-bond acceptors (Lipinski definition) is 5. The van der Waals surface area contributed by atoms with Crippen molar-refractivity contribution in [3.05, 3.63) is 17.7 Å². The second kappa shape index (κ2) is 4.02. The molecule has 2 heterocycles. The van der Waals surface area contributed by atoms with Crippen molar-refractivity contribution in [1.82, 2.24) is 15.3 Å². The van der Waals surface area contributed by atoms with Crippen LogP contribution in [0.15, 0.2) is 15.1 Å². The number of aryl methyl sites for hydroxylation is 1. The molecule has 0 radical (unpaired) electrons. The van der Waals surface area contributed by atoms with Gasteiger partial charge in [-0.3, -0.25) is 0 Å². The minimum atomic E-state index is -0.226. The summed E-state index contributed by atoms with van der Waals surface area (Å²) in [4.78, 5) is 4.13. The number of halogens is 1. The van der Waals surface area contributed by atoms with E-state index in [2.05, 4.69) is 15.3 Å². The van der Waals surface area contributed by atoms with E-state index in [1.54, 1.807) is 13.0 Å². The molecule has 0 aliphatic rings. The highest BCUT2D eigenvalue weighted by molar-refractivity contribution is 6.20. The monoisotopic (exact) mass is 227 g/mol. The van der Waals surface area contributed by atoms with Gasteiger partial charge < -0.3 is 9.05 Å². The molecule has 1 atom stereocenters. The van der Waals surface area contributed by atoms with Crippen molar-refractivity contribution in [2.75, 3.05) is 0 Å². The molecule has 0 saturated heterocycles. The van der Waals surface area contributed by atoms with Crippen LogP contribution in [-0.2, 0) is 0 Å². The summed E-state index contributed by atoms with van der Waals surface area (Å²) >= 11 is 5.97. The van der Waals surface area contributed by atoms with Crippen LogP contribution in [0.3, 0.4) is 0 Å². The lowest BCUT2D eigenvalue weighted by Gasteiger charge is -1.95. The first-order valence-corrected chi connectivity index (χ1v) is 5.05. The number of rotatable bonds is 3. The molecular formula is C9H10ClN3O2. The first kappa shape index (κ1) is 10.2. The summed E-state index contributed by atoms with van der Waals surface area (Å²) in [7, 11) is 0. The van der Waals surface area contributed by atoms with E-state index in [0.717, 1.165) is 6.42 Å². The topological polar surface area (TPSA) is 65.0 Å². The molecule has 0 spiro atoms. The molecule has 15 heavy (non-hydrogen) atoms. The van der Waals surface area contributed by atoms with Crippen LogP contribution in [0.1, 0.15) is 30.3 Å². The summed E-state index contributed by atoms with van der Waals surface area (Å²) in [5.74, 6) is 1.51. The Bertz CT molecular complexity index is 452. The molecule has 0 aliphatic carbocycles. The van der Waals surface area contributed by atoms with Crippen LogP contribution in [-0.4, -0.2) is 15.3 Å². The Hall–Kier alpha value is -1.36. The molecule has 0 bridgehead atoms. The highest BCUT2D eigenvalue weighted by atomic mass is 35.5. The molecule has 2 rings (SSSR count). The van der Waals surface area contributed by atoms with Crippen LogP contribution in [0, 0.1) is 6.92 Å². The van der Waals surface area contributed by atoms with Crippen molar-refractivity contribution in [3.63, 3.8) is 0 Å². The Morgan fingerprint density at radius 2 is 2.20 bits per heavy atom. The third kappa shape index (κ3) is 2.02. The number of nitrogens with zero attached hydrogens (tertiary/aromatic N) is 3. The number of aromatic nitrogens is 3. The average molecular weight is 228 g/mol. The fourth-order valence-electron chi connectivity index (χ4n) is 1.12. The van der Waals surface area contributed by atoms with Gasteiger partial charge in [-0.25, -0.2) is 0 Å². The van der Waals surface area contributed by atoms with Gasteiger partial charge in [0.25, 0.3) is 5.89 Å². The SMILES string of the molecule is CCC(Cl)c1noc(-c2cc(C)on2)n1. The molecule has 1 unspecified atom stereocenters. The van der Waals surface area contributed by atoms with Crippen LogP contribution in [0.2, 0.25) is 0 Å². The summed E-state index contributed by atoms with van der Waals surface area (Å²) in [6.45, 7) is 3.75. The molecule has 0 fully saturated rings. The van der Waals surface area contributed by atoms with Gasteiger partial charge in [0.1, 0.15) is 5.76 Å². The Balaban J connectivity index is 2.27. The summed E-state index contributed by atoms with van der Waals surface area (Å²) < 4.78 is 9.92.